The third-order valence-corrected chi connectivity index (χ3v) is 9.32. The number of benzene rings is 2. The molecule has 2 aliphatic rings. The Labute approximate surface area is 229 Å². The number of nitrogens with one attached hydrogen (secondary N) is 1. The van der Waals surface area contributed by atoms with Gasteiger partial charge < -0.3 is 10.1 Å². The number of rotatable bonds is 9. The summed E-state index contributed by atoms with van der Waals surface area (Å²) in [6.45, 7) is 7.32. The summed E-state index contributed by atoms with van der Waals surface area (Å²) in [4.78, 5) is 11.1. The Balaban J connectivity index is 1.17. The number of ether oxygens (including phenoxy) is 1. The lowest BCUT2D eigenvalue weighted by Gasteiger charge is -2.34. The van der Waals surface area contributed by atoms with E-state index >= 15 is 0 Å². The molecule has 2 heterocycles. The van der Waals surface area contributed by atoms with Gasteiger partial charge in [-0.2, -0.15) is 14.6 Å². The molecule has 1 N–H and O–H groups in total. The molecule has 0 spiro atoms. The van der Waals surface area contributed by atoms with Crippen LogP contribution in [0.4, 0.5) is 11.6 Å². The van der Waals surface area contributed by atoms with Gasteiger partial charge in [-0.05, 0) is 79.3 Å². The first kappa shape index (κ1) is 26.8. The monoisotopic (exact) mass is 544 g/mol. The van der Waals surface area contributed by atoms with Crippen molar-refractivity contribution in [2.75, 3.05) is 31.5 Å². The number of sulfonamides is 1. The Morgan fingerprint density at radius 3 is 2.41 bits per heavy atom. The topological polar surface area (TPSA) is 111 Å². The summed E-state index contributed by atoms with van der Waals surface area (Å²) in [5.74, 6) is 1.58. The summed E-state index contributed by atoms with van der Waals surface area (Å²) in [6, 6.07) is 15.8. The van der Waals surface area contributed by atoms with Crippen molar-refractivity contribution >= 4 is 27.7 Å². The molecular formula is C29H32N6O3S. The summed E-state index contributed by atoms with van der Waals surface area (Å²) in [5.41, 5.74) is 4.86. The molecule has 2 fully saturated rings. The third kappa shape index (κ3) is 6.63. The number of aryl methyl sites for hydroxylation is 2. The maximum Gasteiger partial charge on any atom is 0.230 e. The molecule has 5 rings (SSSR count). The van der Waals surface area contributed by atoms with Crippen LogP contribution < -0.4 is 10.1 Å². The van der Waals surface area contributed by atoms with Crippen molar-refractivity contribution in [3.05, 3.63) is 77.0 Å². The lowest BCUT2D eigenvalue weighted by molar-refractivity contribution is 0.181. The zero-order valence-corrected chi connectivity index (χ0v) is 23.0. The van der Waals surface area contributed by atoms with Crippen molar-refractivity contribution < 1.29 is 13.2 Å². The highest BCUT2D eigenvalue weighted by atomic mass is 32.2. The molecule has 1 aromatic heterocycles. The SMILES string of the molecule is Cc1cc(/C=C/C#N)cc(C)c1Oc1ccnc(Nc2ccc(CN3CCN(S(=O)(=O)C4CC4)CC3)cc2)n1. The van der Waals surface area contributed by atoms with E-state index in [-0.39, 0.29) is 5.25 Å². The van der Waals surface area contributed by atoms with Crippen LogP contribution in [0.3, 0.4) is 0 Å². The van der Waals surface area contributed by atoms with Gasteiger partial charge in [0.2, 0.25) is 21.9 Å². The van der Waals surface area contributed by atoms with Crippen LogP contribution in [0.5, 0.6) is 11.6 Å². The minimum Gasteiger partial charge on any atom is -0.438 e. The summed E-state index contributed by atoms with van der Waals surface area (Å²) >= 11 is 0. The van der Waals surface area contributed by atoms with E-state index in [1.807, 2.05) is 44.2 Å². The Bertz CT molecular complexity index is 1480. The van der Waals surface area contributed by atoms with Gasteiger partial charge in [0.1, 0.15) is 5.75 Å². The van der Waals surface area contributed by atoms with Crippen molar-refractivity contribution in [3.63, 3.8) is 0 Å². The zero-order valence-electron chi connectivity index (χ0n) is 22.2. The lowest BCUT2D eigenvalue weighted by atomic mass is 10.1. The predicted molar refractivity (Wildman–Crippen MR) is 151 cm³/mol. The quantitative estimate of drug-likeness (QED) is 0.383. The van der Waals surface area contributed by atoms with Crippen LogP contribution in [-0.2, 0) is 16.6 Å². The largest absolute Gasteiger partial charge is 0.438 e. The van der Waals surface area contributed by atoms with Crippen molar-refractivity contribution in [3.8, 4) is 17.7 Å². The Hall–Kier alpha value is -3.78. The molecule has 1 aliphatic carbocycles. The summed E-state index contributed by atoms with van der Waals surface area (Å²) in [7, 11) is -3.09. The van der Waals surface area contributed by atoms with Gasteiger partial charge in [-0.15, -0.1) is 0 Å². The fraction of sp³-hybridized carbons (Fsp3) is 0.345. The molecule has 1 saturated heterocycles. The van der Waals surface area contributed by atoms with Gasteiger partial charge >= 0.3 is 0 Å². The van der Waals surface area contributed by atoms with E-state index in [9.17, 15) is 8.42 Å². The number of allylic oxidation sites excluding steroid dienone is 1. The third-order valence-electron chi connectivity index (χ3n) is 6.92. The Kier molecular flexibility index (Phi) is 7.93. The number of hydrogen-bond acceptors (Lipinski definition) is 8. The fourth-order valence-electron chi connectivity index (χ4n) is 4.74. The second-order valence-electron chi connectivity index (χ2n) is 10.0. The molecule has 3 aromatic rings. The number of aromatic nitrogens is 2. The summed E-state index contributed by atoms with van der Waals surface area (Å²) in [6.07, 6.45) is 6.49. The number of nitrogens with zero attached hydrogens (tertiary/aromatic N) is 5. The molecule has 9 nitrogen and oxygen atoms in total. The van der Waals surface area contributed by atoms with Gasteiger partial charge in [0.15, 0.2) is 0 Å². The van der Waals surface area contributed by atoms with E-state index in [0.717, 1.165) is 66.2 Å². The molecule has 0 amide bonds. The van der Waals surface area contributed by atoms with E-state index in [0.29, 0.717) is 24.9 Å². The summed E-state index contributed by atoms with van der Waals surface area (Å²) < 4.78 is 32.7. The fourth-order valence-corrected chi connectivity index (χ4v) is 6.56. The molecule has 2 aromatic carbocycles. The predicted octanol–water partition coefficient (Wildman–Crippen LogP) is 4.78. The number of nitriles is 1. The number of piperazine rings is 1. The molecule has 202 valence electrons. The first-order chi connectivity index (χ1) is 18.8. The van der Waals surface area contributed by atoms with Crippen LogP contribution in [0, 0.1) is 25.2 Å². The molecule has 0 unspecified atom stereocenters. The van der Waals surface area contributed by atoms with Crippen molar-refractivity contribution in [1.82, 2.24) is 19.2 Å². The van der Waals surface area contributed by atoms with Gasteiger partial charge in [0, 0.05) is 56.8 Å². The van der Waals surface area contributed by atoms with E-state index < -0.39 is 10.0 Å². The highest BCUT2D eigenvalue weighted by Gasteiger charge is 2.40. The minimum atomic E-state index is -3.09. The number of anilines is 2. The van der Waals surface area contributed by atoms with Crippen molar-refractivity contribution in [1.29, 1.82) is 5.26 Å². The molecular weight excluding hydrogens is 512 g/mol. The molecule has 0 atom stereocenters. The van der Waals surface area contributed by atoms with Gasteiger partial charge in [-0.1, -0.05) is 12.1 Å². The Morgan fingerprint density at radius 1 is 1.08 bits per heavy atom. The zero-order chi connectivity index (χ0) is 27.4. The van der Waals surface area contributed by atoms with Gasteiger partial charge in [0.25, 0.3) is 0 Å². The molecule has 1 aliphatic heterocycles. The lowest BCUT2D eigenvalue weighted by Crippen LogP contribution is -2.49. The molecule has 0 bridgehead atoms. The Morgan fingerprint density at radius 2 is 1.77 bits per heavy atom. The van der Waals surface area contributed by atoms with Crippen LogP contribution in [0.2, 0.25) is 0 Å². The standard InChI is InChI=1S/C29H32N6O3S/c1-21-18-24(4-3-12-30)19-22(2)28(21)38-27-11-13-31-29(33-27)32-25-7-5-23(6-8-25)20-34-14-16-35(17-15-34)39(36,37)26-9-10-26/h3-8,11,13,18-19,26H,9-10,14-17,20H2,1-2H3,(H,31,32,33)/b4-3+. The van der Waals surface area contributed by atoms with E-state index in [4.69, 9.17) is 10.00 Å². The summed E-state index contributed by atoms with van der Waals surface area (Å²) in [5, 5.41) is 11.9. The van der Waals surface area contributed by atoms with Crippen LogP contribution in [0.15, 0.2) is 54.7 Å². The van der Waals surface area contributed by atoms with Gasteiger partial charge in [-0.3, -0.25) is 4.90 Å². The minimum absolute atomic E-state index is 0.140. The van der Waals surface area contributed by atoms with Crippen molar-refractivity contribution in [2.24, 2.45) is 0 Å². The highest BCUT2D eigenvalue weighted by molar-refractivity contribution is 7.90. The first-order valence-electron chi connectivity index (χ1n) is 13.1. The maximum absolute atomic E-state index is 12.5. The van der Waals surface area contributed by atoms with Gasteiger partial charge in [-0.25, -0.2) is 13.4 Å². The van der Waals surface area contributed by atoms with Crippen LogP contribution in [0.25, 0.3) is 6.08 Å². The van der Waals surface area contributed by atoms with Gasteiger partial charge in [0.05, 0.1) is 11.3 Å². The van der Waals surface area contributed by atoms with Crippen LogP contribution >= 0.6 is 0 Å². The van der Waals surface area contributed by atoms with E-state index in [1.54, 1.807) is 22.6 Å². The molecule has 10 heteroatoms. The van der Waals surface area contributed by atoms with Crippen LogP contribution in [0.1, 0.15) is 35.1 Å². The second kappa shape index (κ2) is 11.5. The molecule has 1 saturated carbocycles. The molecule has 0 radical (unpaired) electrons. The number of hydrogen-bond donors (Lipinski definition) is 1. The average Bonchev–Trinajstić information content (AvgIpc) is 3.78. The second-order valence-corrected chi connectivity index (χ2v) is 12.2. The highest BCUT2D eigenvalue weighted by Crippen LogP contribution is 2.32. The van der Waals surface area contributed by atoms with Crippen molar-refractivity contribution in [2.45, 2.75) is 38.5 Å². The first-order valence-corrected chi connectivity index (χ1v) is 14.6. The average molecular weight is 545 g/mol. The van der Waals surface area contributed by atoms with E-state index in [2.05, 4.69) is 32.3 Å². The maximum atomic E-state index is 12.5. The normalized spacial score (nSPS) is 16.7. The molecule has 39 heavy (non-hydrogen) atoms. The smallest absolute Gasteiger partial charge is 0.230 e. The van der Waals surface area contributed by atoms with E-state index in [1.165, 1.54) is 6.08 Å². The van der Waals surface area contributed by atoms with Crippen LogP contribution in [-0.4, -0.2) is 59.0 Å².